The second-order valence-corrected chi connectivity index (χ2v) is 4.37. The second kappa shape index (κ2) is 5.27. The smallest absolute Gasteiger partial charge is 0.387 e. The SMILES string of the molecule is FC(F)(F)Oc1ncc(I)c(CCl)c1C(F)(F)F. The van der Waals surface area contributed by atoms with Crippen LogP contribution in [0.4, 0.5) is 26.3 Å². The second-order valence-electron chi connectivity index (χ2n) is 2.94. The molecule has 1 aromatic rings. The van der Waals surface area contributed by atoms with Crippen molar-refractivity contribution in [1.29, 1.82) is 0 Å². The highest BCUT2D eigenvalue weighted by atomic mass is 127. The summed E-state index contributed by atoms with van der Waals surface area (Å²) in [5.74, 6) is -2.16. The van der Waals surface area contributed by atoms with Gasteiger partial charge in [-0.25, -0.2) is 4.98 Å². The lowest BCUT2D eigenvalue weighted by molar-refractivity contribution is -0.277. The average molecular weight is 405 g/mol. The Hall–Kier alpha value is -0.450. The van der Waals surface area contributed by atoms with Crippen molar-refractivity contribution in [3.05, 3.63) is 20.9 Å². The Kier molecular flexibility index (Phi) is 4.57. The van der Waals surface area contributed by atoms with E-state index in [0.29, 0.717) is 0 Å². The minimum Gasteiger partial charge on any atom is -0.387 e. The molecular formula is C8H3ClF6INO. The van der Waals surface area contributed by atoms with Crippen LogP contribution in [0.15, 0.2) is 6.20 Å². The lowest BCUT2D eigenvalue weighted by Crippen LogP contribution is -2.22. The van der Waals surface area contributed by atoms with Crippen molar-refractivity contribution in [3.63, 3.8) is 0 Å². The molecule has 2 nitrogen and oxygen atoms in total. The van der Waals surface area contributed by atoms with E-state index < -0.39 is 35.4 Å². The number of ether oxygens (including phenoxy) is 1. The van der Waals surface area contributed by atoms with Crippen LogP contribution < -0.4 is 4.74 Å². The summed E-state index contributed by atoms with van der Waals surface area (Å²) in [6.07, 6.45) is -9.48. The van der Waals surface area contributed by atoms with Gasteiger partial charge < -0.3 is 4.74 Å². The summed E-state index contributed by atoms with van der Waals surface area (Å²) in [5.41, 5.74) is -2.11. The maximum Gasteiger partial charge on any atom is 0.574 e. The number of pyridine rings is 1. The van der Waals surface area contributed by atoms with Gasteiger partial charge in [-0.1, -0.05) is 0 Å². The fourth-order valence-corrected chi connectivity index (χ4v) is 2.22. The Labute approximate surface area is 115 Å². The van der Waals surface area contributed by atoms with E-state index in [4.69, 9.17) is 11.6 Å². The number of hydrogen-bond donors (Lipinski definition) is 0. The van der Waals surface area contributed by atoms with Crippen LogP contribution in [0.2, 0.25) is 0 Å². The van der Waals surface area contributed by atoms with Crippen LogP contribution in [-0.2, 0) is 12.1 Å². The van der Waals surface area contributed by atoms with E-state index in [2.05, 4.69) is 9.72 Å². The van der Waals surface area contributed by atoms with Crippen molar-refractivity contribution >= 4 is 34.2 Å². The van der Waals surface area contributed by atoms with Crippen LogP contribution >= 0.6 is 34.2 Å². The molecule has 0 unspecified atom stereocenters. The molecule has 0 saturated heterocycles. The fourth-order valence-electron chi connectivity index (χ4n) is 1.12. The zero-order valence-corrected chi connectivity index (χ0v) is 11.1. The first-order valence-electron chi connectivity index (χ1n) is 4.12. The molecule has 0 aliphatic carbocycles. The van der Waals surface area contributed by atoms with Gasteiger partial charge >= 0.3 is 12.5 Å². The first-order chi connectivity index (χ1) is 8.06. The minimum absolute atomic E-state index is 0.00412. The maximum absolute atomic E-state index is 12.7. The highest BCUT2D eigenvalue weighted by molar-refractivity contribution is 14.1. The van der Waals surface area contributed by atoms with Gasteiger partial charge in [-0.05, 0) is 28.2 Å². The maximum atomic E-state index is 12.7. The molecule has 0 amide bonds. The number of nitrogens with zero attached hydrogens (tertiary/aromatic N) is 1. The van der Waals surface area contributed by atoms with Crippen molar-refractivity contribution in [2.24, 2.45) is 0 Å². The highest BCUT2D eigenvalue weighted by Crippen LogP contribution is 2.41. The van der Waals surface area contributed by atoms with Gasteiger partial charge in [0.1, 0.15) is 5.56 Å². The molecule has 102 valence electrons. The predicted octanol–water partition coefficient (Wildman–Crippen LogP) is 4.34. The third-order valence-electron chi connectivity index (χ3n) is 1.73. The molecule has 0 aliphatic heterocycles. The molecule has 1 aromatic heterocycles. The number of aromatic nitrogens is 1. The van der Waals surface area contributed by atoms with Crippen molar-refractivity contribution in [2.75, 3.05) is 0 Å². The van der Waals surface area contributed by atoms with Crippen molar-refractivity contribution in [3.8, 4) is 5.88 Å². The summed E-state index contributed by atoms with van der Waals surface area (Å²) in [5, 5.41) is 0. The van der Waals surface area contributed by atoms with E-state index in [9.17, 15) is 26.3 Å². The molecule has 0 bridgehead atoms. The molecule has 0 saturated carbocycles. The van der Waals surface area contributed by atoms with E-state index in [1.54, 1.807) is 0 Å². The summed E-state index contributed by atoms with van der Waals surface area (Å²) in [4.78, 5) is 3.01. The van der Waals surface area contributed by atoms with Gasteiger partial charge in [0.15, 0.2) is 0 Å². The molecule has 0 spiro atoms. The summed E-state index contributed by atoms with van der Waals surface area (Å²) >= 11 is 6.81. The van der Waals surface area contributed by atoms with Crippen LogP contribution in [0.5, 0.6) is 5.88 Å². The average Bonchev–Trinajstić information content (AvgIpc) is 2.16. The van der Waals surface area contributed by atoms with E-state index >= 15 is 0 Å². The standard InChI is InChI=1S/C8H3ClF6INO/c9-1-3-4(16)2-17-6(18-8(13,14)15)5(3)7(10,11)12/h2H,1H2. The van der Waals surface area contributed by atoms with Gasteiger partial charge in [0.25, 0.3) is 0 Å². The Bertz CT molecular complexity index is 446. The highest BCUT2D eigenvalue weighted by Gasteiger charge is 2.42. The first-order valence-corrected chi connectivity index (χ1v) is 5.74. The molecule has 1 rings (SSSR count). The zero-order valence-electron chi connectivity index (χ0n) is 8.16. The van der Waals surface area contributed by atoms with Crippen molar-refractivity contribution < 1.29 is 31.1 Å². The Morgan fingerprint density at radius 2 is 1.78 bits per heavy atom. The molecule has 0 fully saturated rings. The van der Waals surface area contributed by atoms with E-state index in [-0.39, 0.29) is 3.57 Å². The molecule has 0 atom stereocenters. The Morgan fingerprint density at radius 1 is 1.22 bits per heavy atom. The predicted molar refractivity (Wildman–Crippen MR) is 58.2 cm³/mol. The topological polar surface area (TPSA) is 22.1 Å². The van der Waals surface area contributed by atoms with Gasteiger partial charge in [-0.2, -0.15) is 13.2 Å². The molecular weight excluding hydrogens is 402 g/mol. The first kappa shape index (κ1) is 15.6. The van der Waals surface area contributed by atoms with E-state index in [1.807, 2.05) is 0 Å². The van der Waals surface area contributed by atoms with Crippen LogP contribution in [0.25, 0.3) is 0 Å². The normalized spacial score (nSPS) is 12.7. The number of rotatable bonds is 2. The molecule has 0 N–H and O–H groups in total. The molecule has 18 heavy (non-hydrogen) atoms. The van der Waals surface area contributed by atoms with Gasteiger partial charge in [0.2, 0.25) is 5.88 Å². The monoisotopic (exact) mass is 405 g/mol. The molecule has 10 heteroatoms. The summed E-state index contributed by atoms with van der Waals surface area (Å²) < 4.78 is 77.3. The lowest BCUT2D eigenvalue weighted by atomic mass is 10.1. The lowest BCUT2D eigenvalue weighted by Gasteiger charge is -2.17. The minimum atomic E-state index is -5.26. The van der Waals surface area contributed by atoms with Crippen LogP contribution in [0, 0.1) is 3.57 Å². The molecule has 0 aliphatic rings. The Morgan fingerprint density at radius 3 is 2.17 bits per heavy atom. The summed E-state index contributed by atoms with van der Waals surface area (Å²) in [6, 6.07) is 0. The number of hydrogen-bond acceptors (Lipinski definition) is 2. The molecule has 0 aromatic carbocycles. The van der Waals surface area contributed by atoms with E-state index in [1.165, 1.54) is 22.6 Å². The Balaban J connectivity index is 3.43. The summed E-state index contributed by atoms with van der Waals surface area (Å²) in [7, 11) is 0. The third-order valence-corrected chi connectivity index (χ3v) is 2.93. The number of halogens is 8. The van der Waals surface area contributed by atoms with Gasteiger partial charge in [0, 0.05) is 15.6 Å². The van der Waals surface area contributed by atoms with Crippen molar-refractivity contribution in [1.82, 2.24) is 4.98 Å². The van der Waals surface area contributed by atoms with Crippen LogP contribution in [0.3, 0.4) is 0 Å². The fraction of sp³-hybridized carbons (Fsp3) is 0.375. The summed E-state index contributed by atoms with van der Waals surface area (Å²) in [6.45, 7) is 0. The van der Waals surface area contributed by atoms with Gasteiger partial charge in [0.05, 0.1) is 0 Å². The zero-order chi connectivity index (χ0) is 14.1. The van der Waals surface area contributed by atoms with Gasteiger partial charge in [-0.3, -0.25) is 0 Å². The van der Waals surface area contributed by atoms with Crippen molar-refractivity contribution in [2.45, 2.75) is 18.4 Å². The van der Waals surface area contributed by atoms with E-state index in [0.717, 1.165) is 6.20 Å². The molecule has 1 heterocycles. The van der Waals surface area contributed by atoms with Gasteiger partial charge in [-0.15, -0.1) is 24.8 Å². The quantitative estimate of drug-likeness (QED) is 0.415. The third kappa shape index (κ3) is 3.77. The molecule has 0 radical (unpaired) electrons. The van der Waals surface area contributed by atoms with Crippen LogP contribution in [-0.4, -0.2) is 11.3 Å². The number of alkyl halides is 7. The van der Waals surface area contributed by atoms with Crippen LogP contribution in [0.1, 0.15) is 11.1 Å². The largest absolute Gasteiger partial charge is 0.574 e.